The zero-order valence-corrected chi connectivity index (χ0v) is 11.1. The van der Waals surface area contributed by atoms with Crippen molar-refractivity contribution in [3.05, 3.63) is 64.4 Å². The maximum Gasteiger partial charge on any atom is 0.0270 e. The monoisotopic (exact) mass is 290 g/mol. The third-order valence-electron chi connectivity index (χ3n) is 2.89. The standard InChI is InChI=1S/C14H15BrN2/c15-14-4-2-1-3-12(14)9-13(10-16)11-5-7-17-8-6-11/h1-8,13H,9-10,16H2. The number of pyridine rings is 1. The van der Waals surface area contributed by atoms with Crippen molar-refractivity contribution in [1.29, 1.82) is 0 Å². The molecule has 0 radical (unpaired) electrons. The van der Waals surface area contributed by atoms with Crippen molar-refractivity contribution >= 4 is 15.9 Å². The van der Waals surface area contributed by atoms with Crippen molar-refractivity contribution < 1.29 is 0 Å². The molecule has 0 saturated heterocycles. The molecule has 1 atom stereocenters. The predicted octanol–water partition coefficient (Wildman–Crippen LogP) is 3.13. The van der Waals surface area contributed by atoms with E-state index in [1.807, 2.05) is 30.6 Å². The van der Waals surface area contributed by atoms with Crippen LogP contribution in [0.25, 0.3) is 0 Å². The van der Waals surface area contributed by atoms with Gasteiger partial charge in [-0.15, -0.1) is 0 Å². The lowest BCUT2D eigenvalue weighted by molar-refractivity contribution is 0.691. The first-order valence-electron chi connectivity index (χ1n) is 5.64. The van der Waals surface area contributed by atoms with Crippen LogP contribution in [0.15, 0.2) is 53.3 Å². The van der Waals surface area contributed by atoms with Gasteiger partial charge in [0.25, 0.3) is 0 Å². The lowest BCUT2D eigenvalue weighted by Gasteiger charge is -2.15. The highest BCUT2D eigenvalue weighted by atomic mass is 79.9. The minimum absolute atomic E-state index is 0.344. The van der Waals surface area contributed by atoms with Crippen LogP contribution in [0.4, 0.5) is 0 Å². The first-order valence-corrected chi connectivity index (χ1v) is 6.44. The Bertz CT molecular complexity index is 471. The largest absolute Gasteiger partial charge is 0.330 e. The summed E-state index contributed by atoms with van der Waals surface area (Å²) in [4.78, 5) is 4.04. The van der Waals surface area contributed by atoms with E-state index in [0.717, 1.165) is 10.9 Å². The first-order chi connectivity index (χ1) is 8.31. The Hall–Kier alpha value is -1.19. The Morgan fingerprint density at radius 1 is 1.12 bits per heavy atom. The van der Waals surface area contributed by atoms with E-state index in [2.05, 4.69) is 39.1 Å². The fourth-order valence-corrected chi connectivity index (χ4v) is 2.35. The van der Waals surface area contributed by atoms with E-state index in [9.17, 15) is 0 Å². The van der Waals surface area contributed by atoms with Crippen LogP contribution in [0.5, 0.6) is 0 Å². The van der Waals surface area contributed by atoms with Crippen LogP contribution >= 0.6 is 15.9 Å². The molecule has 0 amide bonds. The number of hydrogen-bond donors (Lipinski definition) is 1. The summed E-state index contributed by atoms with van der Waals surface area (Å²) >= 11 is 3.57. The Kier molecular flexibility index (Phi) is 4.29. The van der Waals surface area contributed by atoms with E-state index in [0.29, 0.717) is 12.5 Å². The van der Waals surface area contributed by atoms with Gasteiger partial charge >= 0.3 is 0 Å². The summed E-state index contributed by atoms with van der Waals surface area (Å²) in [7, 11) is 0. The van der Waals surface area contributed by atoms with E-state index in [4.69, 9.17) is 5.73 Å². The van der Waals surface area contributed by atoms with Crippen LogP contribution < -0.4 is 5.73 Å². The molecule has 0 aliphatic carbocycles. The van der Waals surface area contributed by atoms with Gasteiger partial charge in [0, 0.05) is 22.8 Å². The molecule has 88 valence electrons. The van der Waals surface area contributed by atoms with Gasteiger partial charge in [0.2, 0.25) is 0 Å². The molecule has 2 rings (SSSR count). The maximum absolute atomic E-state index is 5.87. The van der Waals surface area contributed by atoms with Crippen LogP contribution in [-0.4, -0.2) is 11.5 Å². The summed E-state index contributed by atoms with van der Waals surface area (Å²) in [6, 6.07) is 12.4. The summed E-state index contributed by atoms with van der Waals surface area (Å²) in [5.74, 6) is 0.344. The molecule has 1 heterocycles. The summed E-state index contributed by atoms with van der Waals surface area (Å²) < 4.78 is 1.15. The van der Waals surface area contributed by atoms with E-state index < -0.39 is 0 Å². The molecular formula is C14H15BrN2. The van der Waals surface area contributed by atoms with Crippen molar-refractivity contribution in [2.45, 2.75) is 12.3 Å². The Balaban J connectivity index is 2.19. The van der Waals surface area contributed by atoms with Crippen LogP contribution in [0.3, 0.4) is 0 Å². The zero-order valence-electron chi connectivity index (χ0n) is 9.51. The molecular weight excluding hydrogens is 276 g/mol. The van der Waals surface area contributed by atoms with Gasteiger partial charge in [-0.25, -0.2) is 0 Å². The van der Waals surface area contributed by atoms with Crippen molar-refractivity contribution in [2.75, 3.05) is 6.54 Å². The van der Waals surface area contributed by atoms with E-state index in [1.54, 1.807) is 0 Å². The molecule has 3 heteroatoms. The van der Waals surface area contributed by atoms with E-state index in [-0.39, 0.29) is 0 Å². The number of hydrogen-bond acceptors (Lipinski definition) is 2. The minimum atomic E-state index is 0.344. The van der Waals surface area contributed by atoms with Crippen molar-refractivity contribution in [3.63, 3.8) is 0 Å². The SMILES string of the molecule is NCC(Cc1ccccc1Br)c1ccncc1. The van der Waals surface area contributed by atoms with Crippen molar-refractivity contribution in [1.82, 2.24) is 4.98 Å². The van der Waals surface area contributed by atoms with Gasteiger partial charge in [0.1, 0.15) is 0 Å². The van der Waals surface area contributed by atoms with Crippen molar-refractivity contribution in [3.8, 4) is 0 Å². The summed E-state index contributed by atoms with van der Waals surface area (Å²) in [6.07, 6.45) is 4.58. The highest BCUT2D eigenvalue weighted by Gasteiger charge is 2.11. The summed E-state index contributed by atoms with van der Waals surface area (Å²) in [5.41, 5.74) is 8.41. The Labute approximate surface area is 110 Å². The zero-order chi connectivity index (χ0) is 12.1. The molecule has 2 aromatic rings. The van der Waals surface area contributed by atoms with Crippen LogP contribution in [0.1, 0.15) is 17.0 Å². The molecule has 0 spiro atoms. The third-order valence-corrected chi connectivity index (χ3v) is 3.66. The number of nitrogens with two attached hydrogens (primary N) is 1. The molecule has 0 aliphatic heterocycles. The molecule has 1 aromatic heterocycles. The molecule has 1 aromatic carbocycles. The summed E-state index contributed by atoms with van der Waals surface area (Å²) in [6.45, 7) is 0.644. The van der Waals surface area contributed by atoms with Crippen LogP contribution in [0.2, 0.25) is 0 Å². The quantitative estimate of drug-likeness (QED) is 0.940. The lowest BCUT2D eigenvalue weighted by atomic mass is 9.93. The fraction of sp³-hybridized carbons (Fsp3) is 0.214. The van der Waals surface area contributed by atoms with Crippen LogP contribution in [0, 0.1) is 0 Å². The fourth-order valence-electron chi connectivity index (χ4n) is 1.90. The van der Waals surface area contributed by atoms with Gasteiger partial charge < -0.3 is 5.73 Å². The second-order valence-electron chi connectivity index (χ2n) is 4.01. The third kappa shape index (κ3) is 3.14. The van der Waals surface area contributed by atoms with Gasteiger partial charge in [-0.2, -0.15) is 0 Å². The smallest absolute Gasteiger partial charge is 0.0270 e. The second kappa shape index (κ2) is 5.94. The van der Waals surface area contributed by atoms with E-state index in [1.165, 1.54) is 11.1 Å². The predicted molar refractivity (Wildman–Crippen MR) is 73.9 cm³/mol. The molecule has 17 heavy (non-hydrogen) atoms. The lowest BCUT2D eigenvalue weighted by Crippen LogP contribution is -2.15. The van der Waals surface area contributed by atoms with Crippen LogP contribution in [-0.2, 0) is 6.42 Å². The average Bonchev–Trinajstić information content (AvgIpc) is 2.39. The molecule has 1 unspecified atom stereocenters. The molecule has 0 aliphatic rings. The van der Waals surface area contributed by atoms with Crippen molar-refractivity contribution in [2.24, 2.45) is 5.73 Å². The number of nitrogens with zero attached hydrogens (tertiary/aromatic N) is 1. The highest BCUT2D eigenvalue weighted by Crippen LogP contribution is 2.24. The Morgan fingerprint density at radius 2 is 1.82 bits per heavy atom. The average molecular weight is 291 g/mol. The first kappa shape index (κ1) is 12.3. The number of rotatable bonds is 4. The van der Waals surface area contributed by atoms with Gasteiger partial charge in [0.15, 0.2) is 0 Å². The molecule has 2 nitrogen and oxygen atoms in total. The number of benzene rings is 1. The maximum atomic E-state index is 5.87. The van der Waals surface area contributed by atoms with Gasteiger partial charge in [-0.05, 0) is 42.3 Å². The molecule has 0 bridgehead atoms. The van der Waals surface area contributed by atoms with Gasteiger partial charge in [0.05, 0.1) is 0 Å². The highest BCUT2D eigenvalue weighted by molar-refractivity contribution is 9.10. The molecule has 0 fully saturated rings. The Morgan fingerprint density at radius 3 is 2.47 bits per heavy atom. The number of aromatic nitrogens is 1. The van der Waals surface area contributed by atoms with Gasteiger partial charge in [-0.3, -0.25) is 4.98 Å². The molecule has 0 saturated carbocycles. The normalized spacial score (nSPS) is 12.4. The molecule has 2 N–H and O–H groups in total. The van der Waals surface area contributed by atoms with E-state index >= 15 is 0 Å². The second-order valence-corrected chi connectivity index (χ2v) is 4.86. The minimum Gasteiger partial charge on any atom is -0.330 e. The summed E-state index contributed by atoms with van der Waals surface area (Å²) in [5, 5.41) is 0. The number of halogens is 1. The van der Waals surface area contributed by atoms with Gasteiger partial charge in [-0.1, -0.05) is 34.1 Å². The topological polar surface area (TPSA) is 38.9 Å².